The van der Waals surface area contributed by atoms with Crippen LogP contribution in [0.1, 0.15) is 94.2 Å². The molecule has 3 nitrogen and oxygen atoms in total. The standard InChI is InChI=1S/C39H49N3/c1-12-23(3)34-24(4)18-37(10)22-39(40)19-33-30(13-2)17-32(21-42-29(9)31-15-14-16-41-20-31)25(5)35(33)26(6)36(39)28(8)38(37,11)27(34)7/h14-17,20,42H,3,6-7,9,12-13,18-19,21-22,40H2,1-2,4-5,8,10-11H3/t37-,38+,39?/m1/s1. The Labute approximate surface area is 254 Å². The molecule has 0 aliphatic heterocycles. The second-order valence-corrected chi connectivity index (χ2v) is 13.5. The van der Waals surface area contributed by atoms with Crippen LogP contribution in [0, 0.1) is 17.8 Å². The Balaban J connectivity index is 1.62. The van der Waals surface area contributed by atoms with Crippen molar-refractivity contribution in [1.29, 1.82) is 0 Å². The molecule has 5 rings (SSSR count). The predicted octanol–water partition coefficient (Wildman–Crippen LogP) is 8.96. The van der Waals surface area contributed by atoms with E-state index in [-0.39, 0.29) is 10.8 Å². The summed E-state index contributed by atoms with van der Waals surface area (Å²) in [7, 11) is 0. The van der Waals surface area contributed by atoms with Gasteiger partial charge in [-0.05, 0) is 126 Å². The highest BCUT2D eigenvalue weighted by atomic mass is 14.9. The molecule has 3 aliphatic rings. The quantitative estimate of drug-likeness (QED) is 0.356. The Hall–Kier alpha value is -3.43. The number of fused-ring (bicyclic) bond motifs is 3. The molecular formula is C39H49N3. The van der Waals surface area contributed by atoms with E-state index in [9.17, 15) is 0 Å². The second-order valence-electron chi connectivity index (χ2n) is 13.5. The summed E-state index contributed by atoms with van der Waals surface area (Å²) in [5.74, 6) is 0. The van der Waals surface area contributed by atoms with Crippen LogP contribution in [-0.2, 0) is 19.4 Å². The Morgan fingerprint density at radius 1 is 1.07 bits per heavy atom. The summed E-state index contributed by atoms with van der Waals surface area (Å²) in [6.45, 7) is 35.1. The molecule has 0 bridgehead atoms. The first-order valence-corrected chi connectivity index (χ1v) is 15.5. The molecule has 3 N–H and O–H groups in total. The van der Waals surface area contributed by atoms with Gasteiger partial charge in [0.05, 0.1) is 0 Å². The molecule has 1 aromatic heterocycles. The maximum atomic E-state index is 7.59. The lowest BCUT2D eigenvalue weighted by Gasteiger charge is -2.62. The third-order valence-corrected chi connectivity index (χ3v) is 11.2. The zero-order valence-electron chi connectivity index (χ0n) is 27.0. The van der Waals surface area contributed by atoms with Crippen molar-refractivity contribution in [3.8, 4) is 0 Å². The highest BCUT2D eigenvalue weighted by molar-refractivity contribution is 5.88. The van der Waals surface area contributed by atoms with Gasteiger partial charge in [0.25, 0.3) is 0 Å². The van der Waals surface area contributed by atoms with Crippen molar-refractivity contribution in [2.75, 3.05) is 0 Å². The van der Waals surface area contributed by atoms with E-state index >= 15 is 0 Å². The van der Waals surface area contributed by atoms with E-state index in [4.69, 9.17) is 18.9 Å². The Kier molecular flexibility index (Phi) is 7.43. The maximum Gasteiger partial charge on any atom is 0.0462 e. The lowest BCUT2D eigenvalue weighted by Crippen LogP contribution is -2.60. The molecule has 3 aliphatic carbocycles. The minimum Gasteiger partial charge on any atom is -0.381 e. The van der Waals surface area contributed by atoms with Crippen LogP contribution >= 0.6 is 0 Å². The molecule has 2 aromatic rings. The smallest absolute Gasteiger partial charge is 0.0462 e. The fraction of sp³-hybridized carbons (Fsp3) is 0.410. The number of hydrogen-bond acceptors (Lipinski definition) is 3. The molecule has 42 heavy (non-hydrogen) atoms. The number of rotatable bonds is 7. The summed E-state index contributed by atoms with van der Waals surface area (Å²) in [5.41, 5.74) is 24.1. The third kappa shape index (κ3) is 4.23. The van der Waals surface area contributed by atoms with Crippen LogP contribution in [0.4, 0.5) is 0 Å². The molecule has 220 valence electrons. The summed E-state index contributed by atoms with van der Waals surface area (Å²) in [5, 5.41) is 3.55. The van der Waals surface area contributed by atoms with Crippen LogP contribution in [0.5, 0.6) is 0 Å². The predicted molar refractivity (Wildman–Crippen MR) is 180 cm³/mol. The average molecular weight is 560 g/mol. The summed E-state index contributed by atoms with van der Waals surface area (Å²) in [6, 6.07) is 6.35. The normalized spacial score (nSPS) is 27.0. The summed E-state index contributed by atoms with van der Waals surface area (Å²) >= 11 is 0. The van der Waals surface area contributed by atoms with E-state index in [0.29, 0.717) is 6.54 Å². The monoisotopic (exact) mass is 559 g/mol. The van der Waals surface area contributed by atoms with Gasteiger partial charge < -0.3 is 11.1 Å². The van der Waals surface area contributed by atoms with E-state index in [2.05, 4.69) is 78.0 Å². The van der Waals surface area contributed by atoms with Gasteiger partial charge in [0.15, 0.2) is 0 Å². The van der Waals surface area contributed by atoms with Crippen LogP contribution in [0.15, 0.2) is 90.3 Å². The number of aryl methyl sites for hydroxylation is 1. The number of nitrogens with zero attached hydrogens (tertiary/aromatic N) is 1. The van der Waals surface area contributed by atoms with E-state index in [0.717, 1.165) is 48.9 Å². The molecule has 0 saturated heterocycles. The minimum absolute atomic E-state index is 0.0380. The van der Waals surface area contributed by atoms with Gasteiger partial charge in [-0.3, -0.25) is 4.98 Å². The number of benzene rings is 1. The van der Waals surface area contributed by atoms with Crippen molar-refractivity contribution in [3.63, 3.8) is 0 Å². The van der Waals surface area contributed by atoms with Gasteiger partial charge in [-0.2, -0.15) is 0 Å². The number of aromatic nitrogens is 1. The van der Waals surface area contributed by atoms with E-state index in [1.165, 1.54) is 61.3 Å². The minimum atomic E-state index is -0.465. The van der Waals surface area contributed by atoms with Gasteiger partial charge in [0.2, 0.25) is 0 Å². The molecule has 0 fully saturated rings. The first kappa shape index (κ1) is 30.0. The molecule has 0 spiro atoms. The maximum absolute atomic E-state index is 7.59. The first-order chi connectivity index (χ1) is 19.7. The van der Waals surface area contributed by atoms with Crippen LogP contribution in [-0.4, -0.2) is 10.5 Å². The number of pyridine rings is 1. The molecular weight excluding hydrogens is 510 g/mol. The zero-order valence-corrected chi connectivity index (χ0v) is 27.0. The second kappa shape index (κ2) is 10.4. The van der Waals surface area contributed by atoms with E-state index < -0.39 is 5.54 Å². The molecule has 0 saturated carbocycles. The lowest BCUT2D eigenvalue weighted by molar-refractivity contribution is 0.0772. The summed E-state index contributed by atoms with van der Waals surface area (Å²) < 4.78 is 0. The van der Waals surface area contributed by atoms with Crippen molar-refractivity contribution in [1.82, 2.24) is 10.3 Å². The Bertz CT molecular complexity index is 1600. The van der Waals surface area contributed by atoms with Gasteiger partial charge in [0, 0.05) is 41.2 Å². The number of allylic oxidation sites excluding steroid dienone is 5. The number of nitrogens with two attached hydrogens (primary N) is 1. The molecule has 0 amide bonds. The van der Waals surface area contributed by atoms with Crippen molar-refractivity contribution < 1.29 is 0 Å². The topological polar surface area (TPSA) is 50.9 Å². The fourth-order valence-corrected chi connectivity index (χ4v) is 8.77. The van der Waals surface area contributed by atoms with Gasteiger partial charge in [0.1, 0.15) is 0 Å². The third-order valence-electron chi connectivity index (χ3n) is 11.2. The lowest BCUT2D eigenvalue weighted by atomic mass is 9.43. The molecule has 1 unspecified atom stereocenters. The molecule has 0 radical (unpaired) electrons. The Morgan fingerprint density at radius 2 is 1.79 bits per heavy atom. The summed E-state index contributed by atoms with van der Waals surface area (Å²) in [6.07, 6.45) is 8.26. The molecule has 1 heterocycles. The zero-order chi connectivity index (χ0) is 30.8. The van der Waals surface area contributed by atoms with Crippen LogP contribution in [0.25, 0.3) is 11.3 Å². The van der Waals surface area contributed by atoms with Crippen LogP contribution in [0.3, 0.4) is 0 Å². The Morgan fingerprint density at radius 3 is 2.40 bits per heavy atom. The first-order valence-electron chi connectivity index (χ1n) is 15.5. The summed E-state index contributed by atoms with van der Waals surface area (Å²) in [4.78, 5) is 4.25. The van der Waals surface area contributed by atoms with Crippen molar-refractivity contribution >= 4 is 11.3 Å². The van der Waals surface area contributed by atoms with Gasteiger partial charge in [-0.15, -0.1) is 0 Å². The molecule has 1 aromatic carbocycles. The largest absolute Gasteiger partial charge is 0.381 e. The highest BCUT2D eigenvalue weighted by Crippen LogP contribution is 2.68. The van der Waals surface area contributed by atoms with E-state index in [1.54, 1.807) is 6.20 Å². The van der Waals surface area contributed by atoms with Crippen LogP contribution in [0.2, 0.25) is 0 Å². The SMILES string of the molecule is C=C(CC)C1=C(C)C[C@]2(C)CC3(N)Cc4c(CC)cc(CNC(=C)c5cccnc5)c(C)c4C(=C)C3=C(C)[C@]2(C)C1=C. The highest BCUT2D eigenvalue weighted by Gasteiger charge is 2.60. The van der Waals surface area contributed by atoms with E-state index in [1.807, 2.05) is 18.3 Å². The number of hydrogen-bond donors (Lipinski definition) is 2. The van der Waals surface area contributed by atoms with Gasteiger partial charge in [-0.25, -0.2) is 0 Å². The van der Waals surface area contributed by atoms with Crippen molar-refractivity contribution in [2.24, 2.45) is 16.6 Å². The van der Waals surface area contributed by atoms with Crippen molar-refractivity contribution in [2.45, 2.75) is 92.7 Å². The molecule has 3 heteroatoms. The number of nitrogens with one attached hydrogen (secondary N) is 1. The average Bonchev–Trinajstić information content (AvgIpc) is 2.94. The van der Waals surface area contributed by atoms with Gasteiger partial charge >= 0.3 is 0 Å². The van der Waals surface area contributed by atoms with Crippen LogP contribution < -0.4 is 11.1 Å². The molecule has 3 atom stereocenters. The fourth-order valence-electron chi connectivity index (χ4n) is 8.77. The van der Waals surface area contributed by atoms with Crippen molar-refractivity contribution in [3.05, 3.63) is 124 Å². The van der Waals surface area contributed by atoms with Gasteiger partial charge in [-0.1, -0.05) is 71.2 Å².